The standard InChI is InChI=1S/C10H16ClN3O/c11-5-1-3-9-7-14(13-12-9)8-10-4-2-6-15-10/h7,10H,1-6,8H2. The first-order valence-corrected chi connectivity index (χ1v) is 5.98. The van der Waals surface area contributed by atoms with Crippen molar-refractivity contribution < 1.29 is 4.74 Å². The van der Waals surface area contributed by atoms with Gasteiger partial charge < -0.3 is 4.74 Å². The third kappa shape index (κ3) is 3.18. The van der Waals surface area contributed by atoms with Crippen molar-refractivity contribution in [1.82, 2.24) is 15.0 Å². The van der Waals surface area contributed by atoms with Crippen molar-refractivity contribution in [2.45, 2.75) is 38.3 Å². The van der Waals surface area contributed by atoms with E-state index in [-0.39, 0.29) is 0 Å². The highest BCUT2D eigenvalue weighted by Crippen LogP contribution is 2.13. The minimum Gasteiger partial charge on any atom is -0.376 e. The quantitative estimate of drug-likeness (QED) is 0.721. The molecule has 1 aliphatic heterocycles. The Hall–Kier alpha value is -0.610. The average Bonchev–Trinajstić information content (AvgIpc) is 2.87. The van der Waals surface area contributed by atoms with Gasteiger partial charge in [-0.3, -0.25) is 0 Å². The summed E-state index contributed by atoms with van der Waals surface area (Å²) in [4.78, 5) is 0. The molecule has 1 aromatic rings. The number of rotatable bonds is 5. The summed E-state index contributed by atoms with van der Waals surface area (Å²) in [6.07, 6.45) is 6.49. The summed E-state index contributed by atoms with van der Waals surface area (Å²) in [7, 11) is 0. The van der Waals surface area contributed by atoms with Gasteiger partial charge in [0.25, 0.3) is 0 Å². The molecule has 2 rings (SSSR count). The normalized spacial score (nSPS) is 21.0. The lowest BCUT2D eigenvalue weighted by Gasteiger charge is -2.07. The van der Waals surface area contributed by atoms with E-state index < -0.39 is 0 Å². The summed E-state index contributed by atoms with van der Waals surface area (Å²) in [6, 6.07) is 0. The van der Waals surface area contributed by atoms with Gasteiger partial charge in [-0.05, 0) is 25.7 Å². The van der Waals surface area contributed by atoms with Crippen LogP contribution in [0.3, 0.4) is 0 Å². The van der Waals surface area contributed by atoms with Crippen LogP contribution in [0.15, 0.2) is 6.20 Å². The number of hydrogen-bond acceptors (Lipinski definition) is 3. The second-order valence-electron chi connectivity index (χ2n) is 3.86. The first kappa shape index (κ1) is 10.9. The number of hydrogen-bond donors (Lipinski definition) is 0. The van der Waals surface area contributed by atoms with Crippen LogP contribution in [0.4, 0.5) is 0 Å². The van der Waals surface area contributed by atoms with Crippen molar-refractivity contribution in [3.05, 3.63) is 11.9 Å². The van der Waals surface area contributed by atoms with E-state index >= 15 is 0 Å². The summed E-state index contributed by atoms with van der Waals surface area (Å²) in [5, 5.41) is 8.17. The fraction of sp³-hybridized carbons (Fsp3) is 0.800. The predicted molar refractivity (Wildman–Crippen MR) is 58.0 cm³/mol. The molecule has 4 nitrogen and oxygen atoms in total. The Morgan fingerprint density at radius 2 is 2.53 bits per heavy atom. The zero-order chi connectivity index (χ0) is 10.5. The molecule has 0 spiro atoms. The summed E-state index contributed by atoms with van der Waals surface area (Å²) in [5.41, 5.74) is 1.02. The Kier molecular flexibility index (Phi) is 3.97. The Labute approximate surface area is 94.6 Å². The molecule has 0 radical (unpaired) electrons. The molecule has 1 aliphatic rings. The fourth-order valence-corrected chi connectivity index (χ4v) is 1.92. The van der Waals surface area contributed by atoms with E-state index in [0.717, 1.165) is 38.1 Å². The molecule has 2 heterocycles. The molecule has 84 valence electrons. The summed E-state index contributed by atoms with van der Waals surface area (Å²) >= 11 is 5.62. The number of aromatic nitrogens is 3. The molecule has 1 atom stereocenters. The van der Waals surface area contributed by atoms with Gasteiger partial charge in [0.05, 0.1) is 18.3 Å². The van der Waals surface area contributed by atoms with Crippen LogP contribution in [0.2, 0.25) is 0 Å². The SMILES string of the molecule is ClCCCc1cn(CC2CCCO2)nn1. The summed E-state index contributed by atoms with van der Waals surface area (Å²) in [5.74, 6) is 0.679. The van der Waals surface area contributed by atoms with Crippen molar-refractivity contribution >= 4 is 11.6 Å². The molecule has 15 heavy (non-hydrogen) atoms. The second kappa shape index (κ2) is 5.47. The van der Waals surface area contributed by atoms with E-state index in [1.165, 1.54) is 6.42 Å². The van der Waals surface area contributed by atoms with Crippen molar-refractivity contribution in [1.29, 1.82) is 0 Å². The van der Waals surface area contributed by atoms with E-state index in [2.05, 4.69) is 10.3 Å². The van der Waals surface area contributed by atoms with Gasteiger partial charge >= 0.3 is 0 Å². The first-order valence-electron chi connectivity index (χ1n) is 5.45. The van der Waals surface area contributed by atoms with Gasteiger partial charge in [-0.2, -0.15) is 0 Å². The topological polar surface area (TPSA) is 39.9 Å². The predicted octanol–water partition coefficient (Wildman–Crippen LogP) is 1.63. The van der Waals surface area contributed by atoms with Crippen LogP contribution in [-0.4, -0.2) is 33.6 Å². The lowest BCUT2D eigenvalue weighted by atomic mass is 10.2. The third-order valence-electron chi connectivity index (χ3n) is 2.57. The Balaban J connectivity index is 1.83. The van der Waals surface area contributed by atoms with Gasteiger partial charge in [0.15, 0.2) is 0 Å². The molecule has 0 saturated carbocycles. The molecule has 1 unspecified atom stereocenters. The minimum atomic E-state index is 0.326. The lowest BCUT2D eigenvalue weighted by Crippen LogP contribution is -2.15. The molecule has 0 aromatic carbocycles. The molecule has 0 N–H and O–H groups in total. The maximum Gasteiger partial charge on any atom is 0.0827 e. The van der Waals surface area contributed by atoms with Gasteiger partial charge in [-0.1, -0.05) is 5.21 Å². The van der Waals surface area contributed by atoms with Crippen LogP contribution in [0.25, 0.3) is 0 Å². The molecular formula is C10H16ClN3O. The van der Waals surface area contributed by atoms with Crippen LogP contribution in [0, 0.1) is 0 Å². The number of ether oxygens (including phenoxy) is 1. The van der Waals surface area contributed by atoms with E-state index in [4.69, 9.17) is 16.3 Å². The maximum atomic E-state index is 5.62. The largest absolute Gasteiger partial charge is 0.376 e. The molecular weight excluding hydrogens is 214 g/mol. The summed E-state index contributed by atoms with van der Waals surface area (Å²) in [6.45, 7) is 1.71. The smallest absolute Gasteiger partial charge is 0.0827 e. The molecule has 0 aliphatic carbocycles. The number of aryl methyl sites for hydroxylation is 1. The van der Waals surface area contributed by atoms with Crippen LogP contribution in [0.5, 0.6) is 0 Å². The number of nitrogens with zero attached hydrogens (tertiary/aromatic N) is 3. The van der Waals surface area contributed by atoms with Crippen LogP contribution in [-0.2, 0) is 17.7 Å². The highest BCUT2D eigenvalue weighted by molar-refractivity contribution is 6.17. The van der Waals surface area contributed by atoms with Crippen LogP contribution in [0.1, 0.15) is 25.0 Å². The Morgan fingerprint density at radius 1 is 1.60 bits per heavy atom. The molecule has 0 amide bonds. The van der Waals surface area contributed by atoms with Gasteiger partial charge in [0.2, 0.25) is 0 Å². The van der Waals surface area contributed by atoms with Gasteiger partial charge in [0.1, 0.15) is 0 Å². The van der Waals surface area contributed by atoms with Gasteiger partial charge in [-0.15, -0.1) is 16.7 Å². The fourth-order valence-electron chi connectivity index (χ4n) is 1.79. The van der Waals surface area contributed by atoms with Crippen molar-refractivity contribution in [3.8, 4) is 0 Å². The lowest BCUT2D eigenvalue weighted by molar-refractivity contribution is 0.0935. The molecule has 5 heteroatoms. The average molecular weight is 230 g/mol. The maximum absolute atomic E-state index is 5.62. The number of alkyl halides is 1. The third-order valence-corrected chi connectivity index (χ3v) is 2.83. The first-order chi connectivity index (χ1) is 7.38. The van der Waals surface area contributed by atoms with Gasteiger partial charge in [0, 0.05) is 18.7 Å². The van der Waals surface area contributed by atoms with Crippen LogP contribution < -0.4 is 0 Å². The van der Waals surface area contributed by atoms with E-state index in [1.54, 1.807) is 0 Å². The zero-order valence-electron chi connectivity index (χ0n) is 8.73. The second-order valence-corrected chi connectivity index (χ2v) is 4.24. The van der Waals surface area contributed by atoms with Crippen LogP contribution >= 0.6 is 11.6 Å². The Morgan fingerprint density at radius 3 is 3.27 bits per heavy atom. The summed E-state index contributed by atoms with van der Waals surface area (Å²) < 4.78 is 7.41. The molecule has 1 fully saturated rings. The van der Waals surface area contributed by atoms with Crippen molar-refractivity contribution in [2.24, 2.45) is 0 Å². The molecule has 1 saturated heterocycles. The van der Waals surface area contributed by atoms with E-state index in [0.29, 0.717) is 12.0 Å². The van der Waals surface area contributed by atoms with E-state index in [1.807, 2.05) is 10.9 Å². The molecule has 0 bridgehead atoms. The Bertz CT molecular complexity index is 297. The van der Waals surface area contributed by atoms with Crippen molar-refractivity contribution in [2.75, 3.05) is 12.5 Å². The van der Waals surface area contributed by atoms with Crippen molar-refractivity contribution in [3.63, 3.8) is 0 Å². The van der Waals surface area contributed by atoms with E-state index in [9.17, 15) is 0 Å². The molecule has 1 aromatic heterocycles. The number of halogens is 1. The highest BCUT2D eigenvalue weighted by atomic mass is 35.5. The highest BCUT2D eigenvalue weighted by Gasteiger charge is 2.16. The minimum absolute atomic E-state index is 0.326. The monoisotopic (exact) mass is 229 g/mol. The van der Waals surface area contributed by atoms with Gasteiger partial charge in [-0.25, -0.2) is 4.68 Å². The zero-order valence-corrected chi connectivity index (χ0v) is 9.49.